The van der Waals surface area contributed by atoms with Gasteiger partial charge in [-0.3, -0.25) is 9.59 Å². The minimum Gasteiger partial charge on any atom is -0.369 e. The molecule has 1 aromatic rings. The molecule has 0 saturated carbocycles. The highest BCUT2D eigenvalue weighted by atomic mass is 33.1. The topological polar surface area (TPSA) is 88.7 Å². The third-order valence-corrected chi connectivity index (χ3v) is 7.12. The van der Waals surface area contributed by atoms with Crippen molar-refractivity contribution < 1.29 is 19.1 Å². The molecule has 1 unspecified atom stereocenters. The first-order valence-electron chi connectivity index (χ1n) is 12.1. The normalized spacial score (nSPS) is 11.2. The Bertz CT molecular complexity index is 762. The molecular formula is C26H43N3O4S2. The molecule has 0 saturated heterocycles. The highest BCUT2D eigenvalue weighted by Gasteiger charge is 2.16. The number of rotatable bonds is 16. The van der Waals surface area contributed by atoms with E-state index in [1.807, 2.05) is 38.1 Å². The van der Waals surface area contributed by atoms with Gasteiger partial charge in [0.25, 0.3) is 5.91 Å². The minimum atomic E-state index is -0.206. The number of amides is 2. The summed E-state index contributed by atoms with van der Waals surface area (Å²) in [4.78, 5) is 24.0. The lowest BCUT2D eigenvalue weighted by atomic mass is 10.1. The maximum Gasteiger partial charge on any atom is 0.251 e. The predicted molar refractivity (Wildman–Crippen MR) is 150 cm³/mol. The molecule has 0 bridgehead atoms. The molecule has 0 aliphatic carbocycles. The number of hydrogen-bond acceptors (Lipinski definition) is 7. The summed E-state index contributed by atoms with van der Waals surface area (Å²) in [6, 6.07) is 7.86. The molecule has 7 nitrogen and oxygen atoms in total. The van der Waals surface area contributed by atoms with E-state index in [0.717, 1.165) is 12.1 Å². The molecule has 2 amide bonds. The zero-order valence-corrected chi connectivity index (χ0v) is 23.9. The third kappa shape index (κ3) is 17.4. The van der Waals surface area contributed by atoms with Crippen molar-refractivity contribution in [1.29, 1.82) is 0 Å². The molecule has 1 aromatic carbocycles. The van der Waals surface area contributed by atoms with Gasteiger partial charge in [-0.2, -0.15) is 0 Å². The highest BCUT2D eigenvalue weighted by Crippen LogP contribution is 2.41. The molecule has 0 radical (unpaired) electrons. The molecule has 35 heavy (non-hydrogen) atoms. The van der Waals surface area contributed by atoms with Crippen molar-refractivity contribution in [2.45, 2.75) is 65.2 Å². The second kappa shape index (κ2) is 21.6. The van der Waals surface area contributed by atoms with Crippen molar-refractivity contribution in [2.75, 3.05) is 39.5 Å². The average Bonchev–Trinajstić information content (AvgIpc) is 2.84. The molecule has 9 heteroatoms. The summed E-state index contributed by atoms with van der Waals surface area (Å²) in [5, 5.41) is 9.29. The zero-order chi connectivity index (χ0) is 26.5. The van der Waals surface area contributed by atoms with Gasteiger partial charge in [0.1, 0.15) is 12.0 Å². The summed E-state index contributed by atoms with van der Waals surface area (Å²) in [6.45, 7) is 16.4. The maximum absolute atomic E-state index is 12.3. The second-order valence-corrected chi connectivity index (χ2v) is 10.6. The quantitative estimate of drug-likeness (QED) is 0.128. The molecular weight excluding hydrogens is 482 g/mol. The van der Waals surface area contributed by atoms with E-state index in [-0.39, 0.29) is 23.9 Å². The van der Waals surface area contributed by atoms with Crippen LogP contribution < -0.4 is 16.0 Å². The first kappa shape index (κ1) is 33.3. The number of carbonyl (C=O) groups is 2. The van der Waals surface area contributed by atoms with E-state index in [2.05, 4.69) is 55.5 Å². The van der Waals surface area contributed by atoms with Gasteiger partial charge in [-0.25, -0.2) is 0 Å². The Morgan fingerprint density at radius 2 is 1.66 bits per heavy atom. The summed E-state index contributed by atoms with van der Waals surface area (Å²) in [5.41, 5.74) is 1.38. The summed E-state index contributed by atoms with van der Waals surface area (Å²) >= 11 is 0. The maximum atomic E-state index is 12.3. The van der Waals surface area contributed by atoms with Crippen LogP contribution in [-0.4, -0.2) is 62.6 Å². The highest BCUT2D eigenvalue weighted by molar-refractivity contribution is 8.76. The molecule has 198 valence electrons. The van der Waals surface area contributed by atoms with Crippen molar-refractivity contribution in [2.24, 2.45) is 0 Å². The van der Waals surface area contributed by atoms with Gasteiger partial charge in [0.2, 0.25) is 5.91 Å². The van der Waals surface area contributed by atoms with E-state index in [1.54, 1.807) is 28.5 Å². The van der Waals surface area contributed by atoms with Crippen LogP contribution in [0.1, 0.15) is 69.8 Å². The van der Waals surface area contributed by atoms with Crippen molar-refractivity contribution in [1.82, 2.24) is 16.0 Å². The molecule has 1 rings (SSSR count). The van der Waals surface area contributed by atoms with Crippen LogP contribution in [0, 0.1) is 11.8 Å². The Kier molecular flexibility index (Phi) is 20.5. The standard InChI is InChI=1S/C24H37N3O4S2.C2H6/c1-6-7-12-26-22(28)17-30-15-16-31-24(33-32-19(4)5)21-10-8-20(9-11-21)23(29)27-14-13-25-18(2)3;1-2/h8-11,18-19,24-25H,12-17H2,1-5H3,(H,26,28)(H,27,29);1-2H3. The van der Waals surface area contributed by atoms with Crippen molar-refractivity contribution in [3.05, 3.63) is 35.4 Å². The Labute approximate surface area is 220 Å². The van der Waals surface area contributed by atoms with Gasteiger partial charge in [0, 0.05) is 29.9 Å². The molecule has 0 aromatic heterocycles. The lowest BCUT2D eigenvalue weighted by Gasteiger charge is -2.19. The summed E-state index contributed by atoms with van der Waals surface area (Å²) in [6.07, 6.45) is 0. The van der Waals surface area contributed by atoms with Gasteiger partial charge in [-0.15, -0.1) is 5.92 Å². The van der Waals surface area contributed by atoms with Crippen LogP contribution in [-0.2, 0) is 14.3 Å². The second-order valence-electron chi connectivity index (χ2n) is 7.69. The average molecular weight is 526 g/mol. The monoisotopic (exact) mass is 525 g/mol. The van der Waals surface area contributed by atoms with Crippen molar-refractivity contribution in [3.8, 4) is 11.8 Å². The lowest BCUT2D eigenvalue weighted by Crippen LogP contribution is -2.34. The van der Waals surface area contributed by atoms with Crippen LogP contribution in [0.2, 0.25) is 0 Å². The number of ether oxygens (including phenoxy) is 2. The Balaban J connectivity index is 0.00000562. The van der Waals surface area contributed by atoms with Crippen molar-refractivity contribution in [3.63, 3.8) is 0 Å². The fourth-order valence-electron chi connectivity index (χ4n) is 2.43. The molecule has 0 aliphatic rings. The zero-order valence-electron chi connectivity index (χ0n) is 22.2. The fourth-order valence-corrected chi connectivity index (χ4v) is 4.65. The van der Waals surface area contributed by atoms with Crippen LogP contribution >= 0.6 is 21.6 Å². The summed E-state index contributed by atoms with van der Waals surface area (Å²) < 4.78 is 11.4. The molecule has 3 N–H and O–H groups in total. The summed E-state index contributed by atoms with van der Waals surface area (Å²) in [7, 11) is 3.36. The van der Waals surface area contributed by atoms with Gasteiger partial charge in [-0.05, 0) is 24.6 Å². The molecule has 0 fully saturated rings. The number of nitrogens with one attached hydrogen (secondary N) is 3. The summed E-state index contributed by atoms with van der Waals surface area (Å²) in [5.74, 6) is 5.19. The number of benzene rings is 1. The van der Waals surface area contributed by atoms with Crippen molar-refractivity contribution >= 4 is 33.4 Å². The van der Waals surface area contributed by atoms with Gasteiger partial charge >= 0.3 is 0 Å². The van der Waals surface area contributed by atoms with Gasteiger partial charge in [0.05, 0.1) is 19.8 Å². The Hall–Kier alpha value is -1.70. The smallest absolute Gasteiger partial charge is 0.251 e. The molecule has 0 aliphatic heterocycles. The van der Waals surface area contributed by atoms with E-state index < -0.39 is 0 Å². The van der Waals surface area contributed by atoms with Crippen LogP contribution in [0.3, 0.4) is 0 Å². The first-order chi connectivity index (χ1) is 16.8. The van der Waals surface area contributed by atoms with Gasteiger partial charge in [0.15, 0.2) is 0 Å². The van der Waals surface area contributed by atoms with E-state index in [9.17, 15) is 9.59 Å². The van der Waals surface area contributed by atoms with E-state index in [0.29, 0.717) is 43.2 Å². The Morgan fingerprint density at radius 1 is 0.971 bits per heavy atom. The van der Waals surface area contributed by atoms with Crippen LogP contribution in [0.5, 0.6) is 0 Å². The van der Waals surface area contributed by atoms with E-state index in [4.69, 9.17) is 9.47 Å². The van der Waals surface area contributed by atoms with Gasteiger partial charge in [-0.1, -0.05) is 81.2 Å². The van der Waals surface area contributed by atoms with Crippen LogP contribution in [0.15, 0.2) is 24.3 Å². The minimum absolute atomic E-state index is 0.0240. The number of hydrogen-bond donors (Lipinski definition) is 3. The largest absolute Gasteiger partial charge is 0.369 e. The SMILES string of the molecule is CC.CC#CCNC(=O)COCCOC(SSC(C)C)c1ccc(C(=O)NCCNC(C)C)cc1. The molecule has 1 atom stereocenters. The van der Waals surface area contributed by atoms with Crippen LogP contribution in [0.25, 0.3) is 0 Å². The van der Waals surface area contributed by atoms with E-state index in [1.165, 1.54) is 0 Å². The van der Waals surface area contributed by atoms with E-state index >= 15 is 0 Å². The first-order valence-corrected chi connectivity index (χ1v) is 14.4. The third-order valence-electron chi connectivity index (χ3n) is 4.02. The fraction of sp³-hybridized carbons (Fsp3) is 0.615. The number of carbonyl (C=O) groups excluding carboxylic acids is 2. The Morgan fingerprint density at radius 3 is 2.26 bits per heavy atom. The molecule has 0 heterocycles. The predicted octanol–water partition coefficient (Wildman–Crippen LogP) is 4.40. The lowest BCUT2D eigenvalue weighted by molar-refractivity contribution is -0.126. The van der Waals surface area contributed by atoms with Crippen LogP contribution in [0.4, 0.5) is 0 Å². The molecule has 0 spiro atoms. The van der Waals surface area contributed by atoms with Gasteiger partial charge < -0.3 is 25.4 Å².